The van der Waals surface area contributed by atoms with Gasteiger partial charge in [-0.15, -0.1) is 0 Å². The maximum absolute atomic E-state index is 13.8. The molecule has 180 valence electrons. The highest BCUT2D eigenvalue weighted by Gasteiger charge is 2.39. The quantitative estimate of drug-likeness (QED) is 0.349. The van der Waals surface area contributed by atoms with E-state index < -0.39 is 17.1 Å². The molecule has 3 N–H and O–H groups in total. The van der Waals surface area contributed by atoms with E-state index in [0.717, 1.165) is 0 Å². The molecule has 1 atom stereocenters. The molecule has 0 amide bonds. The average molecular weight is 469 g/mol. The minimum Gasteiger partial charge on any atom is -0.508 e. The van der Waals surface area contributed by atoms with Crippen LogP contribution in [0.5, 0.6) is 23.0 Å². The number of phenolic OH excluding ortho intramolecular Hbond substituents is 2. The highest BCUT2D eigenvalue weighted by atomic mass is 17.1. The number of phenols is 2. The minimum atomic E-state index is -1.20. The molecule has 0 unspecified atom stereocenters. The molecule has 2 aromatic carbocycles. The van der Waals surface area contributed by atoms with E-state index in [9.17, 15) is 20.3 Å². The molecule has 1 aromatic heterocycles. The lowest BCUT2D eigenvalue weighted by Crippen LogP contribution is -2.44. The Hall–Kier alpha value is -3.49. The first-order valence-corrected chi connectivity index (χ1v) is 11.0. The van der Waals surface area contributed by atoms with Crippen molar-refractivity contribution in [1.29, 1.82) is 0 Å². The van der Waals surface area contributed by atoms with E-state index in [0.29, 0.717) is 16.9 Å². The van der Waals surface area contributed by atoms with Crippen LogP contribution in [0.4, 0.5) is 0 Å². The van der Waals surface area contributed by atoms with E-state index in [2.05, 4.69) is 4.89 Å². The standard InChI is InChI=1S/C26H28O8/c1-13(2)6-8-15-18(31-5)12-20-22(23(15)28)24(29)17-11-21(26(3,4)34-30)32-19-10-14(27)7-9-16(19)25(17)33-20/h6-10,12-13,21,27-28,30H,11H2,1-5H3/b8-6+/t21-/m0/s1. The predicted molar refractivity (Wildman–Crippen MR) is 128 cm³/mol. The van der Waals surface area contributed by atoms with Crippen molar-refractivity contribution in [1.82, 2.24) is 0 Å². The minimum absolute atomic E-state index is 0.0201. The molecule has 2 heterocycles. The van der Waals surface area contributed by atoms with Gasteiger partial charge in [0.25, 0.3) is 0 Å². The van der Waals surface area contributed by atoms with Gasteiger partial charge in [0.2, 0.25) is 0 Å². The van der Waals surface area contributed by atoms with E-state index in [1.54, 1.807) is 32.1 Å². The van der Waals surface area contributed by atoms with E-state index in [1.807, 2.05) is 19.9 Å². The Labute approximate surface area is 196 Å². The smallest absolute Gasteiger partial charge is 0.200 e. The first-order valence-electron chi connectivity index (χ1n) is 11.0. The second-order valence-electron chi connectivity index (χ2n) is 9.24. The number of hydrogen-bond donors (Lipinski definition) is 3. The van der Waals surface area contributed by atoms with Crippen LogP contribution in [0.15, 0.2) is 39.6 Å². The Balaban J connectivity index is 2.06. The number of aromatic hydroxyl groups is 2. The first-order chi connectivity index (χ1) is 16.1. The van der Waals surface area contributed by atoms with Gasteiger partial charge in [0.05, 0.1) is 18.2 Å². The molecule has 4 rings (SSSR count). The van der Waals surface area contributed by atoms with Gasteiger partial charge in [0.1, 0.15) is 51.4 Å². The van der Waals surface area contributed by atoms with Gasteiger partial charge in [-0.2, -0.15) is 0 Å². The number of benzene rings is 2. The third-order valence-corrected chi connectivity index (χ3v) is 6.00. The number of allylic oxidation sites excluding steroid dienone is 1. The van der Waals surface area contributed by atoms with Gasteiger partial charge >= 0.3 is 0 Å². The molecule has 34 heavy (non-hydrogen) atoms. The lowest BCUT2D eigenvalue weighted by atomic mass is 9.93. The zero-order valence-electron chi connectivity index (χ0n) is 19.7. The monoisotopic (exact) mass is 468 g/mol. The van der Waals surface area contributed by atoms with Gasteiger partial charge in [0, 0.05) is 24.1 Å². The van der Waals surface area contributed by atoms with E-state index in [1.165, 1.54) is 19.2 Å². The molecular formula is C26H28O8. The number of ether oxygens (including phenoxy) is 2. The van der Waals surface area contributed by atoms with Crippen molar-refractivity contribution in [3.63, 3.8) is 0 Å². The molecule has 1 aliphatic rings. The summed E-state index contributed by atoms with van der Waals surface area (Å²) in [5, 5.41) is 30.6. The highest BCUT2D eigenvalue weighted by molar-refractivity contribution is 5.92. The summed E-state index contributed by atoms with van der Waals surface area (Å²) >= 11 is 0. The zero-order valence-corrected chi connectivity index (χ0v) is 19.7. The fourth-order valence-electron chi connectivity index (χ4n) is 4.01. The third-order valence-electron chi connectivity index (χ3n) is 6.00. The largest absolute Gasteiger partial charge is 0.508 e. The molecule has 1 aliphatic heterocycles. The van der Waals surface area contributed by atoms with Crippen molar-refractivity contribution in [2.24, 2.45) is 5.92 Å². The van der Waals surface area contributed by atoms with Crippen LogP contribution < -0.4 is 14.9 Å². The number of hydrogen-bond acceptors (Lipinski definition) is 8. The van der Waals surface area contributed by atoms with Crippen LogP contribution in [0.3, 0.4) is 0 Å². The Morgan fingerprint density at radius 2 is 1.94 bits per heavy atom. The lowest BCUT2D eigenvalue weighted by Gasteiger charge is -2.30. The SMILES string of the molecule is COc1cc2oc3c(c(=O)c2c(O)c1/C=C/C(C)C)C[C@@H](C(C)(C)OO)Oc1cc(O)ccc1-3. The van der Waals surface area contributed by atoms with Crippen LogP contribution in [-0.2, 0) is 11.3 Å². The summed E-state index contributed by atoms with van der Waals surface area (Å²) in [7, 11) is 1.47. The molecule has 3 aromatic rings. The van der Waals surface area contributed by atoms with Crippen molar-refractivity contribution in [2.45, 2.75) is 45.8 Å². The maximum Gasteiger partial charge on any atom is 0.200 e. The van der Waals surface area contributed by atoms with E-state index >= 15 is 0 Å². The molecule has 0 fully saturated rings. The summed E-state index contributed by atoms with van der Waals surface area (Å²) < 4.78 is 17.7. The van der Waals surface area contributed by atoms with Crippen molar-refractivity contribution in [3.8, 4) is 34.3 Å². The predicted octanol–water partition coefficient (Wildman–Crippen LogP) is 5.12. The second kappa shape index (κ2) is 8.70. The molecule has 8 heteroatoms. The van der Waals surface area contributed by atoms with Gasteiger partial charge in [-0.3, -0.25) is 10.1 Å². The van der Waals surface area contributed by atoms with Crippen molar-refractivity contribution < 1.29 is 34.2 Å². The fraction of sp³-hybridized carbons (Fsp3) is 0.346. The summed E-state index contributed by atoms with van der Waals surface area (Å²) in [6.07, 6.45) is 2.83. The van der Waals surface area contributed by atoms with Gasteiger partial charge in [-0.25, -0.2) is 4.89 Å². The first kappa shape index (κ1) is 23.7. The molecule has 8 nitrogen and oxygen atoms in total. The van der Waals surface area contributed by atoms with Gasteiger partial charge in [-0.05, 0) is 31.9 Å². The van der Waals surface area contributed by atoms with Crippen LogP contribution in [0.2, 0.25) is 0 Å². The Morgan fingerprint density at radius 3 is 2.59 bits per heavy atom. The summed E-state index contributed by atoms with van der Waals surface area (Å²) in [5.74, 6) is 0.809. The molecule has 0 aliphatic carbocycles. The molecule has 0 saturated heterocycles. The molecule has 0 radical (unpaired) electrons. The summed E-state index contributed by atoms with van der Waals surface area (Å²) in [6.45, 7) is 7.22. The van der Waals surface area contributed by atoms with E-state index in [4.69, 9.17) is 13.9 Å². The van der Waals surface area contributed by atoms with Crippen LogP contribution >= 0.6 is 0 Å². The summed E-state index contributed by atoms with van der Waals surface area (Å²) in [4.78, 5) is 18.4. The van der Waals surface area contributed by atoms with Gasteiger partial charge in [0.15, 0.2) is 5.43 Å². The van der Waals surface area contributed by atoms with Crippen LogP contribution in [0, 0.1) is 5.92 Å². The Bertz CT molecular complexity index is 1330. The summed E-state index contributed by atoms with van der Waals surface area (Å²) in [6, 6.07) is 6.03. The van der Waals surface area contributed by atoms with Gasteiger partial charge < -0.3 is 24.1 Å². The summed E-state index contributed by atoms with van der Waals surface area (Å²) in [5.41, 5.74) is -0.397. The maximum atomic E-state index is 13.8. The van der Waals surface area contributed by atoms with Crippen molar-refractivity contribution >= 4 is 17.0 Å². The molecular weight excluding hydrogens is 440 g/mol. The number of rotatable bonds is 5. The second-order valence-corrected chi connectivity index (χ2v) is 9.24. The van der Waals surface area contributed by atoms with Crippen molar-refractivity contribution in [2.75, 3.05) is 7.11 Å². The normalized spacial score (nSPS) is 15.8. The molecule has 0 saturated carbocycles. The fourth-order valence-corrected chi connectivity index (χ4v) is 4.01. The van der Waals surface area contributed by atoms with Crippen LogP contribution in [0.25, 0.3) is 28.4 Å². The lowest BCUT2D eigenvalue weighted by molar-refractivity contribution is -0.330. The van der Waals surface area contributed by atoms with Crippen molar-refractivity contribution in [3.05, 3.63) is 51.7 Å². The number of fused-ring (bicyclic) bond motifs is 4. The Kier molecular flexibility index (Phi) is 6.05. The average Bonchev–Trinajstić information content (AvgIpc) is 2.95. The third kappa shape index (κ3) is 3.99. The Morgan fingerprint density at radius 1 is 1.21 bits per heavy atom. The highest BCUT2D eigenvalue weighted by Crippen LogP contribution is 2.43. The van der Waals surface area contributed by atoms with E-state index in [-0.39, 0.29) is 51.9 Å². The molecule has 0 bridgehead atoms. The topological polar surface area (TPSA) is 119 Å². The van der Waals surface area contributed by atoms with Crippen LogP contribution in [0.1, 0.15) is 38.8 Å². The number of methoxy groups -OCH3 is 1. The molecule has 0 spiro atoms. The zero-order chi connectivity index (χ0) is 24.8. The van der Waals surface area contributed by atoms with Gasteiger partial charge in [-0.1, -0.05) is 26.0 Å². The van der Waals surface area contributed by atoms with Crippen LogP contribution in [-0.4, -0.2) is 34.3 Å².